The molecule has 5 rings (SSSR count). The first-order chi connectivity index (χ1) is 15.8. The molecule has 32 heavy (non-hydrogen) atoms. The van der Waals surface area contributed by atoms with Crippen molar-refractivity contribution in [2.24, 2.45) is 0 Å². The van der Waals surface area contributed by atoms with Crippen molar-refractivity contribution in [2.75, 3.05) is 39.3 Å². The second kappa shape index (κ2) is 14.3. The Balaban J connectivity index is 0.000000149. The van der Waals surface area contributed by atoms with Crippen molar-refractivity contribution in [2.45, 2.75) is 19.4 Å². The van der Waals surface area contributed by atoms with Crippen molar-refractivity contribution in [3.63, 3.8) is 0 Å². The average molecular weight is 430 g/mol. The van der Waals surface area contributed by atoms with Gasteiger partial charge in [0, 0.05) is 38.3 Å². The van der Waals surface area contributed by atoms with Gasteiger partial charge in [-0.05, 0) is 42.6 Å². The third-order valence-corrected chi connectivity index (χ3v) is 5.57. The van der Waals surface area contributed by atoms with Gasteiger partial charge in [0.15, 0.2) is 0 Å². The zero-order valence-electron chi connectivity index (χ0n) is 18.9. The van der Waals surface area contributed by atoms with Crippen LogP contribution in [0.5, 0.6) is 0 Å². The molecular weight excluding hydrogens is 394 g/mol. The first-order valence-corrected chi connectivity index (χ1v) is 11.6. The Kier molecular flexibility index (Phi) is 10.7. The number of carbonyl (C=O) groups is 1. The number of nitrogens with zero attached hydrogens (tertiary/aromatic N) is 1. The number of hydrogen-bond donors (Lipinski definition) is 2. The van der Waals surface area contributed by atoms with E-state index in [4.69, 9.17) is 0 Å². The van der Waals surface area contributed by atoms with E-state index in [1.165, 1.54) is 50.1 Å². The molecule has 3 aromatic carbocycles. The summed E-state index contributed by atoms with van der Waals surface area (Å²) < 4.78 is 0. The van der Waals surface area contributed by atoms with E-state index in [0.717, 1.165) is 31.5 Å². The fourth-order valence-electron chi connectivity index (χ4n) is 3.72. The number of piperazine rings is 1. The summed E-state index contributed by atoms with van der Waals surface area (Å²) in [6, 6.07) is 28.4. The molecule has 0 saturated carbocycles. The number of rotatable bonds is 4. The van der Waals surface area contributed by atoms with Crippen LogP contribution in [0.2, 0.25) is 0 Å². The van der Waals surface area contributed by atoms with E-state index in [1.807, 2.05) is 42.5 Å². The highest BCUT2D eigenvalue weighted by Crippen LogP contribution is 2.18. The summed E-state index contributed by atoms with van der Waals surface area (Å²) in [5.41, 5.74) is 4.44. The molecule has 0 aliphatic carbocycles. The minimum atomic E-state index is 0.713. The first kappa shape index (κ1) is 23.9. The molecule has 0 amide bonds. The van der Waals surface area contributed by atoms with Gasteiger partial charge in [-0.1, -0.05) is 84.9 Å². The number of aldehydes is 1. The van der Waals surface area contributed by atoms with E-state index >= 15 is 0 Å². The molecule has 2 aliphatic rings. The van der Waals surface area contributed by atoms with E-state index in [0.29, 0.717) is 5.56 Å². The Morgan fingerprint density at radius 3 is 1.72 bits per heavy atom. The largest absolute Gasteiger partial charge is 0.317 e. The Morgan fingerprint density at radius 1 is 0.656 bits per heavy atom. The van der Waals surface area contributed by atoms with Crippen LogP contribution in [-0.2, 0) is 6.54 Å². The van der Waals surface area contributed by atoms with Crippen molar-refractivity contribution in [3.8, 4) is 11.1 Å². The minimum absolute atomic E-state index is 0.713. The highest BCUT2D eigenvalue weighted by Gasteiger charge is 2.08. The standard InChI is InChI=1S/C13H10O.C11H16N2.C4H9N/c14-10-11-6-8-13(9-7-11)12-4-2-1-3-5-12;1-2-4-11(5-3-1)10-13-8-6-12-7-9-13;1-2-4-5-3-1/h1-10H;1-5,12H,6-10H2;5H,1-4H2. The molecule has 168 valence electrons. The van der Waals surface area contributed by atoms with Crippen molar-refractivity contribution in [3.05, 3.63) is 96.1 Å². The monoisotopic (exact) mass is 429 g/mol. The van der Waals surface area contributed by atoms with Crippen molar-refractivity contribution in [1.29, 1.82) is 0 Å². The van der Waals surface area contributed by atoms with Gasteiger partial charge in [-0.2, -0.15) is 0 Å². The van der Waals surface area contributed by atoms with Crippen LogP contribution in [-0.4, -0.2) is 50.5 Å². The van der Waals surface area contributed by atoms with Crippen LogP contribution in [0.3, 0.4) is 0 Å². The van der Waals surface area contributed by atoms with Gasteiger partial charge in [0.25, 0.3) is 0 Å². The molecule has 3 aromatic rings. The maximum Gasteiger partial charge on any atom is 0.150 e. The minimum Gasteiger partial charge on any atom is -0.317 e. The maximum absolute atomic E-state index is 10.5. The quantitative estimate of drug-likeness (QED) is 0.594. The lowest BCUT2D eigenvalue weighted by Gasteiger charge is -2.27. The van der Waals surface area contributed by atoms with Crippen LogP contribution in [0, 0.1) is 0 Å². The topological polar surface area (TPSA) is 44.4 Å². The molecule has 0 spiro atoms. The average Bonchev–Trinajstić information content (AvgIpc) is 3.47. The van der Waals surface area contributed by atoms with Crippen molar-refractivity contribution in [1.82, 2.24) is 15.5 Å². The third-order valence-electron chi connectivity index (χ3n) is 5.57. The Morgan fingerprint density at radius 2 is 1.19 bits per heavy atom. The van der Waals surface area contributed by atoms with Gasteiger partial charge in [0.2, 0.25) is 0 Å². The molecule has 0 atom stereocenters. The van der Waals surface area contributed by atoms with Gasteiger partial charge in [0.1, 0.15) is 6.29 Å². The summed E-state index contributed by atoms with van der Waals surface area (Å²) in [6.07, 6.45) is 3.63. The van der Waals surface area contributed by atoms with Crippen LogP contribution >= 0.6 is 0 Å². The fourth-order valence-corrected chi connectivity index (χ4v) is 3.72. The van der Waals surface area contributed by atoms with Crippen LogP contribution < -0.4 is 10.6 Å². The van der Waals surface area contributed by atoms with E-state index < -0.39 is 0 Å². The highest BCUT2D eigenvalue weighted by atomic mass is 16.1. The van der Waals surface area contributed by atoms with Crippen LogP contribution in [0.1, 0.15) is 28.8 Å². The lowest BCUT2D eigenvalue weighted by atomic mass is 10.0. The van der Waals surface area contributed by atoms with Crippen LogP contribution in [0.15, 0.2) is 84.9 Å². The smallest absolute Gasteiger partial charge is 0.150 e. The van der Waals surface area contributed by atoms with Gasteiger partial charge in [-0.25, -0.2) is 0 Å². The van der Waals surface area contributed by atoms with E-state index in [-0.39, 0.29) is 0 Å². The molecule has 0 bridgehead atoms. The Bertz CT molecular complexity index is 864. The SMILES string of the molecule is C1CCNC1.O=Cc1ccc(-c2ccccc2)cc1.c1ccc(CN2CCNCC2)cc1. The fraction of sp³-hybridized carbons (Fsp3) is 0.321. The predicted octanol–water partition coefficient (Wildman–Crippen LogP) is 4.63. The maximum atomic E-state index is 10.5. The van der Waals surface area contributed by atoms with Crippen molar-refractivity contribution >= 4 is 6.29 Å². The lowest BCUT2D eigenvalue weighted by Crippen LogP contribution is -2.42. The van der Waals surface area contributed by atoms with Gasteiger partial charge in [-0.3, -0.25) is 9.69 Å². The highest BCUT2D eigenvalue weighted by molar-refractivity contribution is 5.76. The molecule has 2 N–H and O–H groups in total. The Labute approximate surface area is 192 Å². The summed E-state index contributed by atoms with van der Waals surface area (Å²) >= 11 is 0. The normalized spacial score (nSPS) is 15.6. The third kappa shape index (κ3) is 8.75. The second-order valence-electron chi connectivity index (χ2n) is 8.07. The molecule has 0 aromatic heterocycles. The van der Waals surface area contributed by atoms with E-state index in [2.05, 4.69) is 58.0 Å². The Hall–Kier alpha value is -2.79. The molecule has 2 saturated heterocycles. The van der Waals surface area contributed by atoms with E-state index in [9.17, 15) is 4.79 Å². The van der Waals surface area contributed by atoms with Gasteiger partial charge in [-0.15, -0.1) is 0 Å². The number of hydrogen-bond acceptors (Lipinski definition) is 4. The van der Waals surface area contributed by atoms with Gasteiger partial charge in [0.05, 0.1) is 0 Å². The summed E-state index contributed by atoms with van der Waals surface area (Å²) in [7, 11) is 0. The second-order valence-corrected chi connectivity index (χ2v) is 8.07. The van der Waals surface area contributed by atoms with Crippen molar-refractivity contribution < 1.29 is 4.79 Å². The van der Waals surface area contributed by atoms with Gasteiger partial charge >= 0.3 is 0 Å². The summed E-state index contributed by atoms with van der Waals surface area (Å²) in [5, 5.41) is 6.58. The van der Waals surface area contributed by atoms with Crippen LogP contribution in [0.4, 0.5) is 0 Å². The first-order valence-electron chi connectivity index (χ1n) is 11.6. The number of nitrogens with one attached hydrogen (secondary N) is 2. The zero-order chi connectivity index (χ0) is 22.3. The predicted molar refractivity (Wildman–Crippen MR) is 134 cm³/mol. The molecule has 2 heterocycles. The van der Waals surface area contributed by atoms with Gasteiger partial charge < -0.3 is 10.6 Å². The lowest BCUT2D eigenvalue weighted by molar-refractivity contribution is 0.112. The molecule has 2 aliphatic heterocycles. The molecule has 4 nitrogen and oxygen atoms in total. The molecule has 0 unspecified atom stereocenters. The number of carbonyl (C=O) groups excluding carboxylic acids is 1. The summed E-state index contributed by atoms with van der Waals surface area (Å²) in [6.45, 7) is 8.21. The summed E-state index contributed by atoms with van der Waals surface area (Å²) in [4.78, 5) is 12.9. The molecule has 2 fully saturated rings. The van der Waals surface area contributed by atoms with Crippen LogP contribution in [0.25, 0.3) is 11.1 Å². The number of benzene rings is 3. The molecular formula is C28H35N3O. The van der Waals surface area contributed by atoms with E-state index in [1.54, 1.807) is 0 Å². The molecule has 4 heteroatoms. The summed E-state index contributed by atoms with van der Waals surface area (Å²) in [5.74, 6) is 0. The zero-order valence-corrected chi connectivity index (χ0v) is 18.9. The molecule has 0 radical (unpaired) electrons.